The number of aryl methyl sites for hydroxylation is 2. The van der Waals surface area contributed by atoms with Crippen LogP contribution in [0.15, 0.2) is 42.5 Å². The largest absolute Gasteiger partial charge is 0.326 e. The lowest BCUT2D eigenvalue weighted by atomic mass is 9.93. The summed E-state index contributed by atoms with van der Waals surface area (Å²) in [4.78, 5) is 33.7. The third kappa shape index (κ3) is 4.38. The van der Waals surface area contributed by atoms with Crippen LogP contribution >= 0.6 is 11.3 Å². The van der Waals surface area contributed by atoms with Gasteiger partial charge in [0.1, 0.15) is 6.54 Å². The molecule has 30 heavy (non-hydrogen) atoms. The van der Waals surface area contributed by atoms with Crippen LogP contribution in [0.3, 0.4) is 0 Å². The first kappa shape index (κ1) is 20.5. The quantitative estimate of drug-likeness (QED) is 0.606. The maximum atomic E-state index is 13.6. The van der Waals surface area contributed by atoms with Crippen LogP contribution in [-0.2, 0) is 4.79 Å². The molecule has 1 aliphatic rings. The van der Waals surface area contributed by atoms with Gasteiger partial charge in [0.2, 0.25) is 5.91 Å². The van der Waals surface area contributed by atoms with E-state index in [0.717, 1.165) is 47.0 Å². The second-order valence-electron chi connectivity index (χ2n) is 7.96. The zero-order valence-corrected chi connectivity index (χ0v) is 18.3. The minimum Gasteiger partial charge on any atom is -0.326 e. The number of fused-ring (bicyclic) bond motifs is 1. The van der Waals surface area contributed by atoms with E-state index in [-0.39, 0.29) is 24.4 Å². The number of anilines is 1. The van der Waals surface area contributed by atoms with Crippen LogP contribution in [0.25, 0.3) is 10.8 Å². The average molecular weight is 422 g/mol. The van der Waals surface area contributed by atoms with Crippen LogP contribution in [0.1, 0.15) is 53.0 Å². The Morgan fingerprint density at radius 2 is 1.80 bits per heavy atom. The first-order chi connectivity index (χ1) is 14.5. The molecule has 1 N–H and O–H groups in total. The Labute approximate surface area is 181 Å². The van der Waals surface area contributed by atoms with E-state index in [1.54, 1.807) is 4.90 Å². The Kier molecular flexibility index (Phi) is 6.13. The lowest BCUT2D eigenvalue weighted by Crippen LogP contribution is -2.45. The lowest BCUT2D eigenvalue weighted by molar-refractivity contribution is -0.117. The lowest BCUT2D eigenvalue weighted by Gasteiger charge is -2.34. The minimum atomic E-state index is -0.192. The van der Waals surface area contributed by atoms with E-state index in [1.807, 2.05) is 56.3 Å². The molecule has 4 rings (SSSR count). The fraction of sp³-hybridized carbons (Fsp3) is 0.375. The van der Waals surface area contributed by atoms with Gasteiger partial charge in [0.15, 0.2) is 5.13 Å². The van der Waals surface area contributed by atoms with Gasteiger partial charge in [-0.25, -0.2) is 4.98 Å². The Morgan fingerprint density at radius 3 is 2.53 bits per heavy atom. The zero-order valence-electron chi connectivity index (χ0n) is 17.5. The molecule has 1 heterocycles. The van der Waals surface area contributed by atoms with Crippen LogP contribution < -0.4 is 5.32 Å². The Morgan fingerprint density at radius 1 is 1.07 bits per heavy atom. The summed E-state index contributed by atoms with van der Waals surface area (Å²) in [5, 5.41) is 5.45. The molecular formula is C24H27N3O2S. The maximum Gasteiger partial charge on any atom is 0.255 e. The molecule has 1 saturated carbocycles. The van der Waals surface area contributed by atoms with Crippen molar-refractivity contribution in [2.45, 2.75) is 52.0 Å². The molecule has 0 aliphatic heterocycles. The highest BCUT2D eigenvalue weighted by atomic mass is 32.1. The molecule has 0 unspecified atom stereocenters. The molecule has 1 fully saturated rings. The second-order valence-corrected chi connectivity index (χ2v) is 9.16. The third-order valence-corrected chi connectivity index (χ3v) is 6.87. The van der Waals surface area contributed by atoms with E-state index in [0.29, 0.717) is 10.7 Å². The molecule has 0 atom stereocenters. The second kappa shape index (κ2) is 8.96. The molecule has 2 aromatic carbocycles. The summed E-state index contributed by atoms with van der Waals surface area (Å²) in [5.74, 6) is -0.261. The van der Waals surface area contributed by atoms with Crippen molar-refractivity contribution in [3.63, 3.8) is 0 Å². The average Bonchev–Trinajstić information content (AvgIpc) is 3.08. The SMILES string of the molecule is Cc1nc(NC(=O)CN(C(=O)c2cccc3ccccc23)C2CCCCC2)sc1C. The summed E-state index contributed by atoms with van der Waals surface area (Å²) in [6.45, 7) is 3.96. The van der Waals surface area contributed by atoms with Crippen molar-refractivity contribution in [2.24, 2.45) is 0 Å². The van der Waals surface area contributed by atoms with Crippen molar-refractivity contribution in [3.05, 3.63) is 58.6 Å². The highest BCUT2D eigenvalue weighted by Crippen LogP contribution is 2.27. The van der Waals surface area contributed by atoms with E-state index < -0.39 is 0 Å². The van der Waals surface area contributed by atoms with Crippen LogP contribution in [-0.4, -0.2) is 34.3 Å². The molecule has 0 spiro atoms. The van der Waals surface area contributed by atoms with Gasteiger partial charge in [-0.05, 0) is 43.5 Å². The van der Waals surface area contributed by atoms with Gasteiger partial charge in [-0.15, -0.1) is 11.3 Å². The van der Waals surface area contributed by atoms with Gasteiger partial charge in [-0.3, -0.25) is 9.59 Å². The van der Waals surface area contributed by atoms with Crippen LogP contribution in [0, 0.1) is 13.8 Å². The molecular weight excluding hydrogens is 394 g/mol. The molecule has 2 amide bonds. The molecule has 5 nitrogen and oxygen atoms in total. The van der Waals surface area contributed by atoms with Crippen LogP contribution in [0.2, 0.25) is 0 Å². The molecule has 1 aliphatic carbocycles. The van der Waals surface area contributed by atoms with E-state index in [2.05, 4.69) is 10.3 Å². The fourth-order valence-electron chi connectivity index (χ4n) is 4.17. The predicted octanol–water partition coefficient (Wildman–Crippen LogP) is 5.33. The van der Waals surface area contributed by atoms with Gasteiger partial charge in [0.05, 0.1) is 5.69 Å². The number of hydrogen-bond donors (Lipinski definition) is 1. The zero-order chi connectivity index (χ0) is 21.1. The summed E-state index contributed by atoms with van der Waals surface area (Å²) < 4.78 is 0. The highest BCUT2D eigenvalue weighted by molar-refractivity contribution is 7.15. The Bertz CT molecular complexity index is 1040. The number of thiazole rings is 1. The van der Waals surface area contributed by atoms with Crippen molar-refractivity contribution in [1.29, 1.82) is 0 Å². The number of carbonyl (C=O) groups is 2. The molecule has 0 saturated heterocycles. The summed E-state index contributed by atoms with van der Waals surface area (Å²) >= 11 is 1.47. The van der Waals surface area contributed by atoms with Crippen molar-refractivity contribution in [3.8, 4) is 0 Å². The van der Waals surface area contributed by atoms with Crippen molar-refractivity contribution < 1.29 is 9.59 Å². The van der Waals surface area contributed by atoms with Crippen molar-refractivity contribution in [1.82, 2.24) is 9.88 Å². The van der Waals surface area contributed by atoms with Gasteiger partial charge in [0, 0.05) is 16.5 Å². The van der Waals surface area contributed by atoms with Gasteiger partial charge < -0.3 is 10.2 Å². The number of aromatic nitrogens is 1. The fourth-order valence-corrected chi connectivity index (χ4v) is 5.00. The van der Waals surface area contributed by atoms with Crippen molar-refractivity contribution >= 4 is 39.1 Å². The Balaban J connectivity index is 1.60. The van der Waals surface area contributed by atoms with Crippen LogP contribution in [0.5, 0.6) is 0 Å². The summed E-state index contributed by atoms with van der Waals surface area (Å²) in [6, 6.07) is 13.8. The summed E-state index contributed by atoms with van der Waals surface area (Å²) in [7, 11) is 0. The van der Waals surface area contributed by atoms with E-state index in [9.17, 15) is 9.59 Å². The van der Waals surface area contributed by atoms with Crippen LogP contribution in [0.4, 0.5) is 5.13 Å². The first-order valence-electron chi connectivity index (χ1n) is 10.6. The van der Waals surface area contributed by atoms with E-state index in [4.69, 9.17) is 0 Å². The molecule has 1 aromatic heterocycles. The predicted molar refractivity (Wildman–Crippen MR) is 122 cm³/mol. The maximum absolute atomic E-state index is 13.6. The monoisotopic (exact) mass is 421 g/mol. The summed E-state index contributed by atoms with van der Waals surface area (Å²) in [5.41, 5.74) is 1.58. The molecule has 0 radical (unpaired) electrons. The first-order valence-corrected chi connectivity index (χ1v) is 11.4. The number of nitrogens with zero attached hydrogens (tertiary/aromatic N) is 2. The third-order valence-electron chi connectivity index (χ3n) is 5.89. The normalized spacial score (nSPS) is 14.6. The van der Waals surface area contributed by atoms with Gasteiger partial charge >= 0.3 is 0 Å². The minimum absolute atomic E-state index is 0.0460. The smallest absolute Gasteiger partial charge is 0.255 e. The Hall–Kier alpha value is -2.73. The summed E-state index contributed by atoms with van der Waals surface area (Å²) in [6.07, 6.45) is 5.27. The molecule has 3 aromatic rings. The van der Waals surface area contributed by atoms with Gasteiger partial charge in [-0.2, -0.15) is 0 Å². The van der Waals surface area contributed by atoms with Gasteiger partial charge in [-0.1, -0.05) is 55.7 Å². The molecule has 0 bridgehead atoms. The number of benzene rings is 2. The molecule has 156 valence electrons. The standard InChI is InChI=1S/C24H27N3O2S/c1-16-17(2)30-24(25-16)26-22(28)15-27(19-11-4-3-5-12-19)23(29)21-14-8-10-18-9-6-7-13-20(18)21/h6-10,13-14,19H,3-5,11-12,15H2,1-2H3,(H,25,26,28). The number of amides is 2. The van der Waals surface area contributed by atoms with E-state index >= 15 is 0 Å². The van der Waals surface area contributed by atoms with Crippen molar-refractivity contribution in [2.75, 3.05) is 11.9 Å². The van der Waals surface area contributed by atoms with E-state index in [1.165, 1.54) is 17.8 Å². The molecule has 6 heteroatoms. The number of carbonyl (C=O) groups excluding carboxylic acids is 2. The highest BCUT2D eigenvalue weighted by Gasteiger charge is 2.29. The number of nitrogens with one attached hydrogen (secondary N) is 1. The van der Waals surface area contributed by atoms with Gasteiger partial charge in [0.25, 0.3) is 5.91 Å². The number of rotatable bonds is 5. The number of hydrogen-bond acceptors (Lipinski definition) is 4. The topological polar surface area (TPSA) is 62.3 Å².